The van der Waals surface area contributed by atoms with E-state index >= 15 is 0 Å². The van der Waals surface area contributed by atoms with E-state index in [1.807, 2.05) is 0 Å². The SMILES string of the molecule is O=C(NC1CCCCC1)c1c(NC(=O)[C@H]2[C@H]3CC[C@H](C3)[C@H]2C(=O)O)sc2c1CCCC2. The van der Waals surface area contributed by atoms with E-state index in [0.717, 1.165) is 76.2 Å². The van der Waals surface area contributed by atoms with Crippen molar-refractivity contribution in [3.05, 3.63) is 16.0 Å². The Hall–Kier alpha value is -1.89. The van der Waals surface area contributed by atoms with Crippen LogP contribution in [0.5, 0.6) is 0 Å². The molecule has 3 N–H and O–H groups in total. The summed E-state index contributed by atoms with van der Waals surface area (Å²) in [7, 11) is 0. The number of carbonyl (C=O) groups is 3. The number of aliphatic carboxylic acids is 1. The quantitative estimate of drug-likeness (QED) is 0.628. The van der Waals surface area contributed by atoms with Crippen molar-refractivity contribution in [3.63, 3.8) is 0 Å². The first-order chi connectivity index (χ1) is 15.0. The fourth-order valence-corrected chi connectivity index (χ4v) is 7.91. The molecule has 6 nitrogen and oxygen atoms in total. The zero-order valence-corrected chi connectivity index (χ0v) is 18.8. The van der Waals surface area contributed by atoms with Gasteiger partial charge in [-0.05, 0) is 75.2 Å². The Balaban J connectivity index is 1.39. The van der Waals surface area contributed by atoms with Gasteiger partial charge in [-0.1, -0.05) is 19.3 Å². The lowest BCUT2D eigenvalue weighted by atomic mass is 9.78. The Morgan fingerprint density at radius 3 is 2.32 bits per heavy atom. The molecule has 31 heavy (non-hydrogen) atoms. The van der Waals surface area contributed by atoms with Crippen LogP contribution in [0.4, 0.5) is 5.00 Å². The van der Waals surface area contributed by atoms with Gasteiger partial charge in [-0.3, -0.25) is 14.4 Å². The molecule has 0 saturated heterocycles. The third-order valence-corrected chi connectivity index (χ3v) is 9.29. The summed E-state index contributed by atoms with van der Waals surface area (Å²) in [6.45, 7) is 0. The molecular formula is C24H32N2O4S. The summed E-state index contributed by atoms with van der Waals surface area (Å²) >= 11 is 1.53. The van der Waals surface area contributed by atoms with Crippen LogP contribution in [0, 0.1) is 23.7 Å². The summed E-state index contributed by atoms with van der Waals surface area (Å²) in [4.78, 5) is 39.7. The van der Waals surface area contributed by atoms with Gasteiger partial charge >= 0.3 is 5.97 Å². The van der Waals surface area contributed by atoms with Crippen molar-refractivity contribution in [1.82, 2.24) is 5.32 Å². The number of carboxylic acid groups (broad SMARTS) is 1. The van der Waals surface area contributed by atoms with E-state index in [0.29, 0.717) is 10.6 Å². The minimum absolute atomic E-state index is 0.0654. The van der Waals surface area contributed by atoms with Crippen LogP contribution < -0.4 is 10.6 Å². The molecule has 0 aliphatic heterocycles. The summed E-state index contributed by atoms with van der Waals surface area (Å²) in [5.74, 6) is -1.93. The number of aryl methyl sites for hydroxylation is 1. The van der Waals surface area contributed by atoms with E-state index in [4.69, 9.17) is 0 Å². The van der Waals surface area contributed by atoms with Crippen LogP contribution in [0.3, 0.4) is 0 Å². The molecule has 7 heteroatoms. The number of hydrogen-bond acceptors (Lipinski definition) is 4. The van der Waals surface area contributed by atoms with Gasteiger partial charge in [0.25, 0.3) is 5.91 Å². The smallest absolute Gasteiger partial charge is 0.307 e. The normalized spacial score (nSPS) is 30.1. The van der Waals surface area contributed by atoms with Gasteiger partial charge < -0.3 is 15.7 Å². The van der Waals surface area contributed by atoms with Crippen LogP contribution in [0.25, 0.3) is 0 Å². The molecule has 2 amide bonds. The largest absolute Gasteiger partial charge is 0.481 e. The van der Waals surface area contributed by atoms with E-state index in [2.05, 4.69) is 10.6 Å². The Labute approximate surface area is 187 Å². The van der Waals surface area contributed by atoms with Crippen LogP contribution in [0.1, 0.15) is 85.0 Å². The van der Waals surface area contributed by atoms with Gasteiger partial charge in [0.1, 0.15) is 5.00 Å². The minimum Gasteiger partial charge on any atom is -0.481 e. The average Bonchev–Trinajstić information content (AvgIpc) is 3.46. The van der Waals surface area contributed by atoms with Gasteiger partial charge in [-0.25, -0.2) is 0 Å². The fourth-order valence-electron chi connectivity index (χ4n) is 6.62. The monoisotopic (exact) mass is 444 g/mol. The zero-order valence-electron chi connectivity index (χ0n) is 18.0. The topological polar surface area (TPSA) is 95.5 Å². The second-order valence-corrected chi connectivity index (χ2v) is 11.0. The third kappa shape index (κ3) is 3.90. The molecule has 1 aromatic rings. The molecule has 3 fully saturated rings. The van der Waals surface area contributed by atoms with Crippen molar-refractivity contribution in [1.29, 1.82) is 0 Å². The summed E-state index contributed by atoms with van der Waals surface area (Å²) in [5, 5.41) is 16.7. The standard InChI is InChI=1S/C24H32N2O4S/c27-21(18-13-10-11-14(12-13)19(18)24(29)30)26-23-20(16-8-4-5-9-17(16)31-23)22(28)25-15-6-2-1-3-7-15/h13-15,18-19H,1-12H2,(H,25,28)(H,26,27)(H,29,30)/t13-,14+,18-,19+/m0/s1. The van der Waals surface area contributed by atoms with Crippen molar-refractivity contribution in [3.8, 4) is 0 Å². The molecule has 168 valence electrons. The van der Waals surface area contributed by atoms with Crippen molar-refractivity contribution in [2.75, 3.05) is 5.32 Å². The van der Waals surface area contributed by atoms with E-state index < -0.39 is 17.8 Å². The van der Waals surface area contributed by atoms with Crippen molar-refractivity contribution in [2.45, 2.75) is 83.1 Å². The summed E-state index contributed by atoms with van der Waals surface area (Å²) in [5.41, 5.74) is 1.75. The van der Waals surface area contributed by atoms with Gasteiger partial charge in [0.2, 0.25) is 5.91 Å². The van der Waals surface area contributed by atoms with Gasteiger partial charge in [0.15, 0.2) is 0 Å². The van der Waals surface area contributed by atoms with E-state index in [1.165, 1.54) is 22.6 Å². The maximum absolute atomic E-state index is 13.3. The van der Waals surface area contributed by atoms with Gasteiger partial charge in [0.05, 0.1) is 17.4 Å². The van der Waals surface area contributed by atoms with Crippen LogP contribution in [-0.2, 0) is 22.4 Å². The van der Waals surface area contributed by atoms with Crippen LogP contribution in [0.2, 0.25) is 0 Å². The molecule has 5 rings (SSSR count). The molecule has 3 saturated carbocycles. The molecule has 4 aliphatic rings. The molecule has 1 heterocycles. The molecule has 0 unspecified atom stereocenters. The molecule has 1 aromatic heterocycles. The van der Waals surface area contributed by atoms with Gasteiger partial charge in [-0.15, -0.1) is 11.3 Å². The number of nitrogens with one attached hydrogen (secondary N) is 2. The Morgan fingerprint density at radius 1 is 0.871 bits per heavy atom. The van der Waals surface area contributed by atoms with Crippen molar-refractivity contribution >= 4 is 34.1 Å². The maximum Gasteiger partial charge on any atom is 0.307 e. The number of anilines is 1. The predicted octanol–water partition coefficient (Wildman–Crippen LogP) is 4.37. The zero-order chi connectivity index (χ0) is 21.5. The molecule has 0 spiro atoms. The van der Waals surface area contributed by atoms with E-state index in [9.17, 15) is 19.5 Å². The maximum atomic E-state index is 13.3. The second-order valence-electron chi connectivity index (χ2n) is 9.94. The number of carboxylic acids is 1. The predicted molar refractivity (Wildman–Crippen MR) is 119 cm³/mol. The number of amides is 2. The molecule has 0 aromatic carbocycles. The highest BCUT2D eigenvalue weighted by atomic mass is 32.1. The molecule has 2 bridgehead atoms. The summed E-state index contributed by atoms with van der Waals surface area (Å²) in [6.07, 6.45) is 12.3. The Morgan fingerprint density at radius 2 is 1.58 bits per heavy atom. The lowest BCUT2D eigenvalue weighted by molar-refractivity contribution is -0.148. The van der Waals surface area contributed by atoms with E-state index in [1.54, 1.807) is 0 Å². The highest BCUT2D eigenvalue weighted by molar-refractivity contribution is 7.17. The third-order valence-electron chi connectivity index (χ3n) is 8.08. The molecule has 4 aliphatic carbocycles. The highest BCUT2D eigenvalue weighted by Crippen LogP contribution is 2.53. The van der Waals surface area contributed by atoms with Gasteiger partial charge in [0, 0.05) is 10.9 Å². The summed E-state index contributed by atoms with van der Waals surface area (Å²) in [6, 6.07) is 0.214. The number of carbonyl (C=O) groups excluding carboxylic acids is 2. The lowest BCUT2D eigenvalue weighted by Crippen LogP contribution is -2.39. The summed E-state index contributed by atoms with van der Waals surface area (Å²) < 4.78 is 0. The second kappa shape index (κ2) is 8.57. The van der Waals surface area contributed by atoms with Crippen LogP contribution in [0.15, 0.2) is 0 Å². The molecule has 0 radical (unpaired) electrons. The Bertz CT molecular complexity index is 888. The molecular weight excluding hydrogens is 412 g/mol. The fraction of sp³-hybridized carbons (Fsp3) is 0.708. The molecule has 4 atom stereocenters. The van der Waals surface area contributed by atoms with Crippen LogP contribution in [-0.4, -0.2) is 28.9 Å². The number of thiophene rings is 1. The number of hydrogen-bond donors (Lipinski definition) is 3. The highest BCUT2D eigenvalue weighted by Gasteiger charge is 2.54. The first-order valence-corrected chi connectivity index (χ1v) is 12.8. The first kappa shape index (κ1) is 21.0. The number of fused-ring (bicyclic) bond motifs is 3. The van der Waals surface area contributed by atoms with Crippen LogP contribution >= 0.6 is 11.3 Å². The van der Waals surface area contributed by atoms with Crippen molar-refractivity contribution < 1.29 is 19.5 Å². The minimum atomic E-state index is -0.854. The lowest BCUT2D eigenvalue weighted by Gasteiger charge is -2.27. The van der Waals surface area contributed by atoms with Crippen molar-refractivity contribution in [2.24, 2.45) is 23.7 Å². The first-order valence-electron chi connectivity index (χ1n) is 12.0. The Kier molecular flexibility index (Phi) is 5.80. The average molecular weight is 445 g/mol. The number of rotatable bonds is 5. The van der Waals surface area contributed by atoms with E-state index in [-0.39, 0.29) is 29.7 Å². The van der Waals surface area contributed by atoms with Gasteiger partial charge in [-0.2, -0.15) is 0 Å².